The number of carbonyl (C=O) groups excluding carboxylic acids is 1. The van der Waals surface area contributed by atoms with Gasteiger partial charge in [0.25, 0.3) is 5.91 Å². The molecule has 2 rings (SSSR count). The Morgan fingerprint density at radius 1 is 1.24 bits per heavy atom. The molecule has 8 nitrogen and oxygen atoms in total. The summed E-state index contributed by atoms with van der Waals surface area (Å²) in [6.07, 6.45) is 0. The van der Waals surface area contributed by atoms with Crippen LogP contribution in [0.3, 0.4) is 0 Å². The molecule has 2 N–H and O–H groups in total. The third-order valence-corrected chi connectivity index (χ3v) is 4.81. The van der Waals surface area contributed by atoms with E-state index in [1.54, 1.807) is 6.92 Å². The Morgan fingerprint density at radius 2 is 1.90 bits per heavy atom. The minimum absolute atomic E-state index is 0.120. The second-order valence-corrected chi connectivity index (χ2v) is 7.16. The van der Waals surface area contributed by atoms with Crippen LogP contribution in [-0.4, -0.2) is 45.1 Å². The van der Waals surface area contributed by atoms with Gasteiger partial charge in [0.15, 0.2) is 12.3 Å². The predicted octanol–water partition coefficient (Wildman–Crippen LogP) is 2.02. The van der Waals surface area contributed by atoms with Crippen molar-refractivity contribution in [2.45, 2.75) is 20.4 Å². The van der Waals surface area contributed by atoms with Gasteiger partial charge in [0.05, 0.1) is 18.6 Å². The summed E-state index contributed by atoms with van der Waals surface area (Å²) in [6, 6.07) is 11.2. The summed E-state index contributed by atoms with van der Waals surface area (Å²) in [5.41, 5.74) is 3.30. The molecule has 0 fully saturated rings. The summed E-state index contributed by atoms with van der Waals surface area (Å²) in [4.78, 5) is 26.4. The van der Waals surface area contributed by atoms with Crippen LogP contribution in [0.25, 0.3) is 0 Å². The van der Waals surface area contributed by atoms with E-state index in [9.17, 15) is 14.9 Å². The third-order valence-electron chi connectivity index (χ3n) is 4.81. The second-order valence-electron chi connectivity index (χ2n) is 7.16. The Morgan fingerprint density at radius 3 is 2.41 bits per heavy atom. The van der Waals surface area contributed by atoms with Crippen LogP contribution in [0.5, 0.6) is 5.75 Å². The Bertz CT molecular complexity index is 866. The van der Waals surface area contributed by atoms with Gasteiger partial charge >= 0.3 is 5.69 Å². The Labute approximate surface area is 171 Å². The molecule has 0 spiro atoms. The van der Waals surface area contributed by atoms with Crippen molar-refractivity contribution in [2.24, 2.45) is 0 Å². The number of nitrogens with zero attached hydrogens (tertiary/aromatic N) is 2. The van der Waals surface area contributed by atoms with E-state index in [4.69, 9.17) is 4.74 Å². The fraction of sp³-hybridized carbons (Fsp3) is 0.381. The van der Waals surface area contributed by atoms with E-state index >= 15 is 0 Å². The lowest BCUT2D eigenvalue weighted by molar-refractivity contribution is -0.903. The third kappa shape index (κ3) is 5.92. The minimum Gasteiger partial charge on any atom is -0.490 e. The SMILES string of the molecule is CC[NH+](CC(=O)Nc1cc(OC)c([N+](=O)[O-])cc1C)Cc1ccc(N(C)C)cc1. The number of benzene rings is 2. The molecule has 2 aromatic carbocycles. The highest BCUT2D eigenvalue weighted by Crippen LogP contribution is 2.32. The van der Waals surface area contributed by atoms with Gasteiger partial charge in [0, 0.05) is 43.2 Å². The number of methoxy groups -OCH3 is 1. The Balaban J connectivity index is 2.05. The highest BCUT2D eigenvalue weighted by Gasteiger charge is 2.20. The van der Waals surface area contributed by atoms with E-state index in [-0.39, 0.29) is 17.3 Å². The van der Waals surface area contributed by atoms with Crippen LogP contribution in [0.4, 0.5) is 17.1 Å². The summed E-state index contributed by atoms with van der Waals surface area (Å²) in [7, 11) is 5.37. The fourth-order valence-electron chi connectivity index (χ4n) is 3.05. The molecule has 156 valence electrons. The van der Waals surface area contributed by atoms with Gasteiger partial charge in [-0.2, -0.15) is 0 Å². The molecule has 0 saturated heterocycles. The maximum absolute atomic E-state index is 12.6. The average Bonchev–Trinajstić information content (AvgIpc) is 2.68. The lowest BCUT2D eigenvalue weighted by atomic mass is 10.1. The molecule has 1 unspecified atom stereocenters. The summed E-state index contributed by atoms with van der Waals surface area (Å²) in [6.45, 7) is 5.59. The van der Waals surface area contributed by atoms with Crippen LogP contribution in [0.1, 0.15) is 18.1 Å². The first-order chi connectivity index (χ1) is 13.7. The Kier molecular flexibility index (Phi) is 7.55. The highest BCUT2D eigenvalue weighted by molar-refractivity contribution is 5.92. The van der Waals surface area contributed by atoms with E-state index in [0.29, 0.717) is 17.8 Å². The number of anilines is 2. The monoisotopic (exact) mass is 401 g/mol. The lowest BCUT2D eigenvalue weighted by Gasteiger charge is -2.19. The first-order valence-corrected chi connectivity index (χ1v) is 9.47. The van der Waals surface area contributed by atoms with Crippen molar-refractivity contribution < 1.29 is 19.4 Å². The maximum Gasteiger partial charge on any atom is 0.311 e. The molecular weight excluding hydrogens is 372 g/mol. The topological polar surface area (TPSA) is 89.1 Å². The summed E-state index contributed by atoms with van der Waals surface area (Å²) in [5, 5.41) is 14.0. The number of hydrogen-bond acceptors (Lipinski definition) is 5. The van der Waals surface area contributed by atoms with E-state index in [0.717, 1.165) is 29.2 Å². The molecule has 1 amide bonds. The number of nitrogens with one attached hydrogen (secondary N) is 2. The van der Waals surface area contributed by atoms with Crippen LogP contribution in [0, 0.1) is 17.0 Å². The average molecular weight is 401 g/mol. The van der Waals surface area contributed by atoms with Crippen molar-refractivity contribution in [1.29, 1.82) is 0 Å². The quantitative estimate of drug-likeness (QED) is 0.496. The largest absolute Gasteiger partial charge is 0.490 e. The molecule has 0 saturated carbocycles. The van der Waals surface area contributed by atoms with Gasteiger partial charge in [-0.15, -0.1) is 0 Å². The predicted molar refractivity (Wildman–Crippen MR) is 114 cm³/mol. The summed E-state index contributed by atoms with van der Waals surface area (Å²) >= 11 is 0. The van der Waals surface area contributed by atoms with E-state index in [2.05, 4.69) is 29.6 Å². The number of ether oxygens (including phenoxy) is 1. The van der Waals surface area contributed by atoms with Gasteiger partial charge in [0.1, 0.15) is 6.54 Å². The molecule has 0 aliphatic heterocycles. The highest BCUT2D eigenvalue weighted by atomic mass is 16.6. The van der Waals surface area contributed by atoms with Gasteiger partial charge in [0.2, 0.25) is 0 Å². The molecule has 0 bridgehead atoms. The number of rotatable bonds is 9. The fourth-order valence-corrected chi connectivity index (χ4v) is 3.05. The van der Waals surface area contributed by atoms with Gasteiger partial charge in [-0.25, -0.2) is 0 Å². The number of likely N-dealkylation sites (N-methyl/N-ethyl adjacent to an activating group) is 1. The van der Waals surface area contributed by atoms with Crippen LogP contribution < -0.4 is 19.9 Å². The second kappa shape index (κ2) is 9.88. The molecule has 0 aromatic heterocycles. The summed E-state index contributed by atoms with van der Waals surface area (Å²) < 4.78 is 5.09. The lowest BCUT2D eigenvalue weighted by Crippen LogP contribution is -3.11. The number of nitro groups is 1. The van der Waals surface area contributed by atoms with Gasteiger partial charge < -0.3 is 19.9 Å². The number of nitro benzene ring substituents is 1. The standard InChI is InChI=1S/C21H28N4O4/c1-6-24(13-16-7-9-17(10-8-16)23(3)4)14-21(26)22-18-12-20(29-5)19(25(27)28)11-15(18)2/h7-12H,6,13-14H2,1-5H3,(H,22,26)/p+1. The molecule has 29 heavy (non-hydrogen) atoms. The van der Waals surface area contributed by atoms with Crippen molar-refractivity contribution in [3.05, 3.63) is 57.6 Å². The van der Waals surface area contributed by atoms with E-state index in [1.807, 2.05) is 25.9 Å². The first kappa shape index (κ1) is 22.2. The zero-order valence-corrected chi connectivity index (χ0v) is 17.6. The van der Waals surface area contributed by atoms with Crippen LogP contribution >= 0.6 is 0 Å². The normalized spacial score (nSPS) is 11.6. The zero-order valence-electron chi connectivity index (χ0n) is 17.6. The van der Waals surface area contributed by atoms with Crippen molar-refractivity contribution in [3.63, 3.8) is 0 Å². The van der Waals surface area contributed by atoms with Gasteiger partial charge in [-0.1, -0.05) is 12.1 Å². The van der Waals surface area contributed by atoms with Crippen molar-refractivity contribution in [3.8, 4) is 5.75 Å². The molecule has 1 atom stereocenters. The number of carbonyl (C=O) groups is 1. The number of amides is 1. The van der Waals surface area contributed by atoms with Crippen molar-refractivity contribution in [2.75, 3.05) is 44.5 Å². The molecule has 0 radical (unpaired) electrons. The minimum atomic E-state index is -0.498. The Hall–Kier alpha value is -3.13. The summed E-state index contributed by atoms with van der Waals surface area (Å²) in [5.74, 6) is -0.0256. The van der Waals surface area contributed by atoms with Gasteiger partial charge in [-0.05, 0) is 31.5 Å². The van der Waals surface area contributed by atoms with Crippen LogP contribution in [-0.2, 0) is 11.3 Å². The molecular formula is C21H29N4O4+. The smallest absolute Gasteiger partial charge is 0.311 e. The number of quaternary nitrogens is 1. The molecule has 8 heteroatoms. The molecule has 0 aliphatic carbocycles. The maximum atomic E-state index is 12.6. The first-order valence-electron chi connectivity index (χ1n) is 9.47. The van der Waals surface area contributed by atoms with Crippen molar-refractivity contribution in [1.82, 2.24) is 0 Å². The molecule has 0 heterocycles. The van der Waals surface area contributed by atoms with E-state index < -0.39 is 4.92 Å². The van der Waals surface area contributed by atoms with Crippen LogP contribution in [0.15, 0.2) is 36.4 Å². The van der Waals surface area contributed by atoms with Crippen LogP contribution in [0.2, 0.25) is 0 Å². The number of aryl methyl sites for hydroxylation is 1. The van der Waals surface area contributed by atoms with E-state index in [1.165, 1.54) is 19.2 Å². The molecule has 0 aliphatic rings. The number of hydrogen-bond donors (Lipinski definition) is 2. The van der Waals surface area contributed by atoms with Crippen molar-refractivity contribution >= 4 is 23.0 Å². The molecule has 2 aromatic rings. The zero-order chi connectivity index (χ0) is 21.6. The van der Waals surface area contributed by atoms with Gasteiger partial charge in [-0.3, -0.25) is 14.9 Å².